The maximum Gasteiger partial charge on any atom is 0.308 e. The van der Waals surface area contributed by atoms with Gasteiger partial charge in [0.25, 0.3) is 0 Å². The van der Waals surface area contributed by atoms with E-state index in [2.05, 4.69) is 25.7 Å². The van der Waals surface area contributed by atoms with E-state index in [1.54, 1.807) is 0 Å². The molecule has 3 nitrogen and oxygen atoms in total. The third-order valence-electron chi connectivity index (χ3n) is 5.16. The van der Waals surface area contributed by atoms with Gasteiger partial charge in [-0.25, -0.2) is 0 Å². The summed E-state index contributed by atoms with van der Waals surface area (Å²) in [7, 11) is 0. The average molecular weight is 239 g/mol. The third kappa shape index (κ3) is 2.49. The summed E-state index contributed by atoms with van der Waals surface area (Å²) < 4.78 is 0. The summed E-state index contributed by atoms with van der Waals surface area (Å²) in [5.41, 5.74) is 0. The first-order valence-electron chi connectivity index (χ1n) is 6.99. The molecule has 0 bridgehead atoms. The molecule has 1 heterocycles. The summed E-state index contributed by atoms with van der Waals surface area (Å²) >= 11 is 0. The van der Waals surface area contributed by atoms with Gasteiger partial charge < -0.3 is 5.11 Å². The minimum absolute atomic E-state index is 0.148. The summed E-state index contributed by atoms with van der Waals surface area (Å²) in [4.78, 5) is 13.6. The third-order valence-corrected chi connectivity index (χ3v) is 5.16. The minimum Gasteiger partial charge on any atom is -0.481 e. The van der Waals surface area contributed by atoms with Crippen LogP contribution in [0.3, 0.4) is 0 Å². The van der Waals surface area contributed by atoms with E-state index in [4.69, 9.17) is 5.11 Å². The van der Waals surface area contributed by atoms with Gasteiger partial charge in [-0.2, -0.15) is 0 Å². The number of carbonyl (C=O) groups is 1. The molecule has 0 aromatic carbocycles. The second kappa shape index (κ2) is 4.97. The average Bonchev–Trinajstić information content (AvgIpc) is 2.64. The fourth-order valence-corrected chi connectivity index (χ4v) is 3.63. The lowest BCUT2D eigenvalue weighted by atomic mass is 9.78. The van der Waals surface area contributed by atoms with Gasteiger partial charge in [-0.1, -0.05) is 13.8 Å². The number of carboxylic acid groups (broad SMARTS) is 1. The summed E-state index contributed by atoms with van der Waals surface area (Å²) in [6.45, 7) is 7.75. The zero-order valence-corrected chi connectivity index (χ0v) is 11.2. The first-order chi connectivity index (χ1) is 8.00. The highest BCUT2D eigenvalue weighted by Gasteiger charge is 2.40. The van der Waals surface area contributed by atoms with Crippen LogP contribution in [0.25, 0.3) is 0 Å². The number of aliphatic carboxylic acids is 1. The first kappa shape index (κ1) is 12.9. The maximum absolute atomic E-state index is 11.1. The molecule has 5 unspecified atom stereocenters. The van der Waals surface area contributed by atoms with Crippen molar-refractivity contribution in [1.29, 1.82) is 0 Å². The van der Waals surface area contributed by atoms with Gasteiger partial charge in [0, 0.05) is 12.1 Å². The van der Waals surface area contributed by atoms with E-state index >= 15 is 0 Å². The van der Waals surface area contributed by atoms with Crippen LogP contribution in [0.15, 0.2) is 0 Å². The Morgan fingerprint density at radius 1 is 1.12 bits per heavy atom. The van der Waals surface area contributed by atoms with Gasteiger partial charge in [0.05, 0.1) is 5.92 Å². The van der Waals surface area contributed by atoms with E-state index in [-0.39, 0.29) is 12.0 Å². The van der Waals surface area contributed by atoms with Crippen molar-refractivity contribution in [3.63, 3.8) is 0 Å². The lowest BCUT2D eigenvalue weighted by Crippen LogP contribution is -2.44. The monoisotopic (exact) mass is 239 g/mol. The molecular formula is C14H25NO2. The number of hydrogen-bond donors (Lipinski definition) is 1. The van der Waals surface area contributed by atoms with Gasteiger partial charge in [-0.3, -0.25) is 9.69 Å². The summed E-state index contributed by atoms with van der Waals surface area (Å²) in [5.74, 6) is 0.853. The van der Waals surface area contributed by atoms with Crippen LogP contribution < -0.4 is 0 Å². The van der Waals surface area contributed by atoms with Crippen LogP contribution in [-0.4, -0.2) is 34.6 Å². The Labute approximate surface area is 104 Å². The second-order valence-electron chi connectivity index (χ2n) is 6.13. The second-order valence-corrected chi connectivity index (χ2v) is 6.13. The fourth-order valence-electron chi connectivity index (χ4n) is 3.63. The Balaban J connectivity index is 1.98. The minimum atomic E-state index is -0.614. The number of nitrogens with zero attached hydrogens (tertiary/aromatic N) is 1. The Bertz CT molecular complexity index is 292. The molecule has 0 aromatic rings. The van der Waals surface area contributed by atoms with E-state index in [0.717, 1.165) is 24.8 Å². The van der Waals surface area contributed by atoms with Crippen LogP contribution in [0.1, 0.15) is 46.5 Å². The van der Waals surface area contributed by atoms with Crippen LogP contribution in [0.4, 0.5) is 0 Å². The number of likely N-dealkylation sites (tertiary alicyclic amines) is 1. The van der Waals surface area contributed by atoms with Crippen molar-refractivity contribution >= 4 is 5.97 Å². The van der Waals surface area contributed by atoms with E-state index in [1.165, 1.54) is 19.3 Å². The van der Waals surface area contributed by atoms with Crippen molar-refractivity contribution in [2.75, 3.05) is 6.54 Å². The molecule has 1 saturated heterocycles. The molecule has 0 radical (unpaired) electrons. The molecule has 17 heavy (non-hydrogen) atoms. The van der Waals surface area contributed by atoms with Crippen LogP contribution in [0, 0.1) is 17.8 Å². The van der Waals surface area contributed by atoms with Gasteiger partial charge in [0.1, 0.15) is 0 Å². The molecule has 1 aliphatic heterocycles. The molecule has 3 heteroatoms. The molecule has 1 saturated carbocycles. The Hall–Kier alpha value is -0.570. The van der Waals surface area contributed by atoms with E-state index in [0.29, 0.717) is 6.04 Å². The van der Waals surface area contributed by atoms with Crippen molar-refractivity contribution in [3.8, 4) is 0 Å². The van der Waals surface area contributed by atoms with Crippen molar-refractivity contribution < 1.29 is 9.90 Å². The number of carboxylic acids is 1. The quantitative estimate of drug-likeness (QED) is 0.805. The topological polar surface area (TPSA) is 40.5 Å². The molecule has 5 atom stereocenters. The molecule has 2 rings (SSSR count). The number of rotatable bonds is 2. The van der Waals surface area contributed by atoms with Crippen molar-refractivity contribution in [2.45, 2.75) is 58.5 Å². The first-order valence-corrected chi connectivity index (χ1v) is 6.99. The van der Waals surface area contributed by atoms with Gasteiger partial charge in [-0.05, 0) is 51.0 Å². The van der Waals surface area contributed by atoms with Crippen molar-refractivity contribution in [1.82, 2.24) is 4.90 Å². The normalized spacial score (nSPS) is 43.8. The van der Waals surface area contributed by atoms with Gasteiger partial charge in [0.15, 0.2) is 0 Å². The lowest BCUT2D eigenvalue weighted by molar-refractivity contribution is -0.142. The van der Waals surface area contributed by atoms with Crippen LogP contribution >= 0.6 is 0 Å². The SMILES string of the molecule is CC1CCC(N2CCC(C(=O)O)C2C)CC1C. The van der Waals surface area contributed by atoms with E-state index in [9.17, 15) is 4.79 Å². The molecule has 0 spiro atoms. The summed E-state index contributed by atoms with van der Waals surface area (Å²) in [5, 5.41) is 9.17. The summed E-state index contributed by atoms with van der Waals surface area (Å²) in [6.07, 6.45) is 4.63. The Kier molecular flexibility index (Phi) is 3.76. The largest absolute Gasteiger partial charge is 0.481 e. The lowest BCUT2D eigenvalue weighted by Gasteiger charge is -2.39. The fraction of sp³-hybridized carbons (Fsp3) is 0.929. The molecule has 0 aromatic heterocycles. The van der Waals surface area contributed by atoms with Crippen molar-refractivity contribution in [3.05, 3.63) is 0 Å². The highest BCUT2D eigenvalue weighted by molar-refractivity contribution is 5.71. The predicted octanol–water partition coefficient (Wildman–Crippen LogP) is 2.61. The van der Waals surface area contributed by atoms with Crippen molar-refractivity contribution in [2.24, 2.45) is 17.8 Å². The smallest absolute Gasteiger partial charge is 0.308 e. The molecule has 1 N–H and O–H groups in total. The molecule has 98 valence electrons. The van der Waals surface area contributed by atoms with Crippen LogP contribution in [0.2, 0.25) is 0 Å². The molecule has 1 aliphatic carbocycles. The van der Waals surface area contributed by atoms with Gasteiger partial charge >= 0.3 is 5.97 Å². The van der Waals surface area contributed by atoms with Gasteiger partial charge in [-0.15, -0.1) is 0 Å². The van der Waals surface area contributed by atoms with E-state index in [1.807, 2.05) is 0 Å². The molecular weight excluding hydrogens is 214 g/mol. The Morgan fingerprint density at radius 3 is 2.35 bits per heavy atom. The molecule has 0 amide bonds. The highest BCUT2D eigenvalue weighted by Crippen LogP contribution is 2.36. The standard InChI is InChI=1S/C14H25NO2/c1-9-4-5-12(8-10(9)2)15-7-6-13(11(15)3)14(16)17/h9-13H,4-8H2,1-3H3,(H,16,17). The van der Waals surface area contributed by atoms with Gasteiger partial charge in [0.2, 0.25) is 0 Å². The van der Waals surface area contributed by atoms with Crippen LogP contribution in [-0.2, 0) is 4.79 Å². The zero-order valence-electron chi connectivity index (χ0n) is 11.2. The Morgan fingerprint density at radius 2 is 1.82 bits per heavy atom. The zero-order chi connectivity index (χ0) is 12.6. The summed E-state index contributed by atoms with van der Waals surface area (Å²) in [6, 6.07) is 0.846. The predicted molar refractivity (Wildman–Crippen MR) is 67.9 cm³/mol. The number of hydrogen-bond acceptors (Lipinski definition) is 2. The van der Waals surface area contributed by atoms with E-state index < -0.39 is 5.97 Å². The molecule has 2 fully saturated rings. The van der Waals surface area contributed by atoms with Crippen LogP contribution in [0.5, 0.6) is 0 Å². The maximum atomic E-state index is 11.1. The molecule has 2 aliphatic rings. The highest BCUT2D eigenvalue weighted by atomic mass is 16.4.